The van der Waals surface area contributed by atoms with Crippen molar-refractivity contribution >= 4 is 16.9 Å². The summed E-state index contributed by atoms with van der Waals surface area (Å²) in [6, 6.07) is 19.3. The van der Waals surface area contributed by atoms with Gasteiger partial charge in [0.2, 0.25) is 12.6 Å². The standard InChI is InChI=1S/C28H21NO6/c1-2-12-32-19-7-5-6-18(14-19)25-24-26(30)20-8-3-4-9-21(20)35-27(24)28(31)29(25)15-17-10-11-22-23(13-17)34-16-33-22/h2-11,13-14,25H,1,12,15-16H2. The number of ether oxygens (including phenoxy) is 3. The van der Waals surface area contributed by atoms with Gasteiger partial charge in [-0.05, 0) is 47.5 Å². The summed E-state index contributed by atoms with van der Waals surface area (Å²) in [7, 11) is 0. The lowest BCUT2D eigenvalue weighted by atomic mass is 9.98. The van der Waals surface area contributed by atoms with Crippen LogP contribution in [0.1, 0.15) is 33.3 Å². The molecule has 35 heavy (non-hydrogen) atoms. The third-order valence-corrected chi connectivity index (χ3v) is 6.20. The summed E-state index contributed by atoms with van der Waals surface area (Å²) in [5.74, 6) is 1.63. The van der Waals surface area contributed by atoms with E-state index in [9.17, 15) is 9.59 Å². The average molecular weight is 467 g/mol. The molecule has 0 bridgehead atoms. The van der Waals surface area contributed by atoms with E-state index in [0.717, 1.165) is 11.1 Å². The van der Waals surface area contributed by atoms with E-state index in [-0.39, 0.29) is 30.4 Å². The number of hydrogen-bond donors (Lipinski definition) is 0. The molecule has 1 aromatic heterocycles. The van der Waals surface area contributed by atoms with Crippen molar-refractivity contribution in [1.29, 1.82) is 0 Å². The molecule has 0 N–H and O–H groups in total. The molecule has 6 rings (SSSR count). The van der Waals surface area contributed by atoms with Crippen LogP contribution >= 0.6 is 0 Å². The predicted molar refractivity (Wildman–Crippen MR) is 129 cm³/mol. The number of amides is 1. The molecule has 0 fully saturated rings. The highest BCUT2D eigenvalue weighted by atomic mass is 16.7. The van der Waals surface area contributed by atoms with Gasteiger partial charge in [-0.25, -0.2) is 0 Å². The molecule has 4 aromatic rings. The molecule has 1 amide bonds. The van der Waals surface area contributed by atoms with Gasteiger partial charge in [0.15, 0.2) is 16.9 Å². The smallest absolute Gasteiger partial charge is 0.291 e. The summed E-state index contributed by atoms with van der Waals surface area (Å²) < 4.78 is 22.6. The van der Waals surface area contributed by atoms with Crippen LogP contribution in [0.2, 0.25) is 0 Å². The first-order chi connectivity index (χ1) is 17.1. The molecule has 2 aliphatic heterocycles. The van der Waals surface area contributed by atoms with E-state index in [4.69, 9.17) is 18.6 Å². The first-order valence-electron chi connectivity index (χ1n) is 11.2. The van der Waals surface area contributed by atoms with Crippen LogP contribution in [0.25, 0.3) is 11.0 Å². The molecule has 1 unspecified atom stereocenters. The molecule has 0 radical (unpaired) electrons. The number of carbonyl (C=O) groups excluding carboxylic acids is 1. The maximum atomic E-state index is 13.7. The summed E-state index contributed by atoms with van der Waals surface area (Å²) in [4.78, 5) is 29.0. The lowest BCUT2D eigenvalue weighted by Gasteiger charge is -2.25. The molecule has 0 saturated heterocycles. The van der Waals surface area contributed by atoms with Gasteiger partial charge in [-0.2, -0.15) is 0 Å². The van der Waals surface area contributed by atoms with E-state index in [1.807, 2.05) is 42.5 Å². The number of rotatable bonds is 6. The van der Waals surface area contributed by atoms with E-state index < -0.39 is 6.04 Å². The third-order valence-electron chi connectivity index (χ3n) is 6.20. The van der Waals surface area contributed by atoms with E-state index in [1.165, 1.54) is 0 Å². The monoisotopic (exact) mass is 467 g/mol. The molecule has 0 aliphatic carbocycles. The highest BCUT2D eigenvalue weighted by Crippen LogP contribution is 2.41. The summed E-state index contributed by atoms with van der Waals surface area (Å²) in [5.41, 5.74) is 2.09. The largest absolute Gasteiger partial charge is 0.490 e. The molecule has 2 aliphatic rings. The molecule has 174 valence electrons. The summed E-state index contributed by atoms with van der Waals surface area (Å²) in [5, 5.41) is 0.438. The molecule has 7 nitrogen and oxygen atoms in total. The Morgan fingerprint density at radius 2 is 1.86 bits per heavy atom. The zero-order valence-corrected chi connectivity index (χ0v) is 18.7. The van der Waals surface area contributed by atoms with E-state index >= 15 is 0 Å². The molecule has 3 aromatic carbocycles. The zero-order valence-electron chi connectivity index (χ0n) is 18.7. The van der Waals surface area contributed by atoms with Crippen LogP contribution in [0, 0.1) is 0 Å². The van der Waals surface area contributed by atoms with E-state index in [0.29, 0.717) is 40.4 Å². The Bertz CT molecular complexity index is 1540. The van der Waals surface area contributed by atoms with Gasteiger partial charge >= 0.3 is 0 Å². The van der Waals surface area contributed by atoms with Crippen LogP contribution in [0.3, 0.4) is 0 Å². The second-order valence-corrected chi connectivity index (χ2v) is 8.37. The summed E-state index contributed by atoms with van der Waals surface area (Å²) in [6.45, 7) is 4.45. The average Bonchev–Trinajstić information content (AvgIpc) is 3.46. The van der Waals surface area contributed by atoms with Gasteiger partial charge in [0.1, 0.15) is 17.9 Å². The molecule has 0 spiro atoms. The Kier molecular flexibility index (Phi) is 5.03. The second-order valence-electron chi connectivity index (χ2n) is 8.37. The highest BCUT2D eigenvalue weighted by molar-refractivity contribution is 5.99. The number of nitrogens with zero attached hydrogens (tertiary/aromatic N) is 1. The van der Waals surface area contributed by atoms with Gasteiger partial charge < -0.3 is 23.5 Å². The number of fused-ring (bicyclic) bond motifs is 3. The van der Waals surface area contributed by atoms with Crippen molar-refractivity contribution in [2.45, 2.75) is 12.6 Å². The molecule has 7 heteroatoms. The van der Waals surface area contributed by atoms with Gasteiger partial charge in [0.05, 0.1) is 17.0 Å². The third kappa shape index (κ3) is 3.52. The second kappa shape index (κ2) is 8.36. The Morgan fingerprint density at radius 1 is 1.00 bits per heavy atom. The van der Waals surface area contributed by atoms with Crippen LogP contribution < -0.4 is 19.6 Å². The SMILES string of the molecule is C=CCOc1cccc(C2c3c(oc4ccccc4c3=O)C(=O)N2Cc2ccc3c(c2)OCO3)c1. The van der Waals surface area contributed by atoms with Crippen molar-refractivity contribution in [2.24, 2.45) is 0 Å². The lowest BCUT2D eigenvalue weighted by Crippen LogP contribution is -2.29. The van der Waals surface area contributed by atoms with Gasteiger partial charge in [-0.1, -0.05) is 43.0 Å². The fourth-order valence-corrected chi connectivity index (χ4v) is 4.64. The number of para-hydroxylation sites is 1. The van der Waals surface area contributed by atoms with Gasteiger partial charge in [-0.15, -0.1) is 0 Å². The molecule has 0 saturated carbocycles. The van der Waals surface area contributed by atoms with Crippen LogP contribution in [-0.2, 0) is 6.54 Å². The van der Waals surface area contributed by atoms with Crippen LogP contribution in [0.5, 0.6) is 17.2 Å². The first-order valence-corrected chi connectivity index (χ1v) is 11.2. The maximum absolute atomic E-state index is 13.7. The Balaban J connectivity index is 1.49. The zero-order chi connectivity index (χ0) is 23.9. The van der Waals surface area contributed by atoms with Crippen LogP contribution in [0.15, 0.2) is 88.6 Å². The van der Waals surface area contributed by atoms with Crippen molar-refractivity contribution in [3.05, 3.63) is 112 Å². The maximum Gasteiger partial charge on any atom is 0.291 e. The van der Waals surface area contributed by atoms with E-state index in [1.54, 1.807) is 35.2 Å². The van der Waals surface area contributed by atoms with Crippen molar-refractivity contribution in [2.75, 3.05) is 13.4 Å². The highest BCUT2D eigenvalue weighted by Gasteiger charge is 2.43. The molecule has 3 heterocycles. The first kappa shape index (κ1) is 21.0. The molecular formula is C28H21NO6. The Morgan fingerprint density at radius 3 is 2.74 bits per heavy atom. The number of carbonyl (C=O) groups is 1. The minimum absolute atomic E-state index is 0.0665. The molecule has 1 atom stereocenters. The van der Waals surface area contributed by atoms with Crippen LogP contribution in [-0.4, -0.2) is 24.2 Å². The van der Waals surface area contributed by atoms with Crippen LogP contribution in [0.4, 0.5) is 0 Å². The van der Waals surface area contributed by atoms with Gasteiger partial charge in [0.25, 0.3) is 5.91 Å². The summed E-state index contributed by atoms with van der Waals surface area (Å²) >= 11 is 0. The minimum atomic E-state index is -0.643. The minimum Gasteiger partial charge on any atom is -0.490 e. The number of hydrogen-bond acceptors (Lipinski definition) is 6. The molecular weight excluding hydrogens is 446 g/mol. The normalized spacial score (nSPS) is 15.9. The van der Waals surface area contributed by atoms with Gasteiger partial charge in [0, 0.05) is 6.54 Å². The van der Waals surface area contributed by atoms with Gasteiger partial charge in [-0.3, -0.25) is 9.59 Å². The quantitative estimate of drug-likeness (QED) is 0.378. The van der Waals surface area contributed by atoms with Crippen molar-refractivity contribution in [3.8, 4) is 17.2 Å². The fourth-order valence-electron chi connectivity index (χ4n) is 4.64. The summed E-state index contributed by atoms with van der Waals surface area (Å²) in [6.07, 6.45) is 1.66. The topological polar surface area (TPSA) is 78.2 Å². The van der Waals surface area contributed by atoms with Crippen molar-refractivity contribution < 1.29 is 23.4 Å². The van der Waals surface area contributed by atoms with Crippen molar-refractivity contribution in [1.82, 2.24) is 4.90 Å². The Labute approximate surface area is 200 Å². The van der Waals surface area contributed by atoms with E-state index in [2.05, 4.69) is 6.58 Å². The number of benzene rings is 3. The lowest BCUT2D eigenvalue weighted by molar-refractivity contribution is 0.0714. The van der Waals surface area contributed by atoms with Crippen molar-refractivity contribution in [3.63, 3.8) is 0 Å². The Hall–Kier alpha value is -4.52. The predicted octanol–water partition coefficient (Wildman–Crippen LogP) is 4.83. The fraction of sp³-hybridized carbons (Fsp3) is 0.143.